The van der Waals surface area contributed by atoms with Gasteiger partial charge in [-0.2, -0.15) is 0 Å². The van der Waals surface area contributed by atoms with Gasteiger partial charge in [-0.25, -0.2) is 0 Å². The minimum atomic E-state index is -3.63. The molecule has 0 unspecified atom stereocenters. The van der Waals surface area contributed by atoms with Gasteiger partial charge in [0.2, 0.25) is 0 Å². The predicted molar refractivity (Wildman–Crippen MR) is 12.9 cm³/mol. The summed E-state index contributed by atoms with van der Waals surface area (Å²) in [7, 11) is -7.26. The first kappa shape index (κ1) is 29.7. The van der Waals surface area contributed by atoms with Crippen LogP contribution in [-0.4, -0.2) is 18.3 Å². The molecule has 0 rings (SSSR count). The zero-order valence-corrected chi connectivity index (χ0v) is 8.82. The van der Waals surface area contributed by atoms with Gasteiger partial charge in [-0.05, 0) is 0 Å². The van der Waals surface area contributed by atoms with Gasteiger partial charge in [0.25, 0.3) is 0 Å². The van der Waals surface area contributed by atoms with Gasteiger partial charge in [0.05, 0.1) is 0 Å². The van der Waals surface area contributed by atoms with Gasteiger partial charge < -0.3 is 28.1 Å². The maximum atomic E-state index is 8.52. The topological polar surface area (TPSA) is 126 Å². The smallest absolute Gasteiger partial charge is 0.672 e. The van der Waals surface area contributed by atoms with Crippen LogP contribution in [0, 0.1) is 0 Å². The molecule has 0 spiro atoms. The fourth-order valence-electron chi connectivity index (χ4n) is 0. The third kappa shape index (κ3) is 998. The summed E-state index contributed by atoms with van der Waals surface area (Å²) in [5.41, 5.74) is 0. The van der Waals surface area contributed by atoms with Gasteiger partial charge >= 0.3 is 54.5 Å². The molecule has 0 aromatic rings. The van der Waals surface area contributed by atoms with Crippen LogP contribution >= 0.6 is 0 Å². The molecular formula is CoLi2O6Si2. The summed E-state index contributed by atoms with van der Waals surface area (Å²) in [4.78, 5) is 34.1. The molecule has 0 aromatic heterocycles. The Hall–Kier alpha value is 0.935. The van der Waals surface area contributed by atoms with Gasteiger partial charge in [0.15, 0.2) is 0 Å². The molecule has 0 bridgehead atoms. The van der Waals surface area contributed by atoms with E-state index in [1.807, 2.05) is 0 Å². The predicted octanol–water partition coefficient (Wildman–Crippen LogP) is -11.7. The molecular weight excluding hydrogens is 225 g/mol. The molecule has 0 aromatic carbocycles. The van der Waals surface area contributed by atoms with Crippen LogP contribution in [0.25, 0.3) is 0 Å². The second-order valence-electron chi connectivity index (χ2n) is 0.500. The zero-order valence-electron chi connectivity index (χ0n) is 5.78. The summed E-state index contributed by atoms with van der Waals surface area (Å²) in [5, 5.41) is 0. The fraction of sp³-hybridized carbons (Fsp3) is 0. The Balaban J connectivity index is -0.0000000171. The summed E-state index contributed by atoms with van der Waals surface area (Å²) >= 11 is 0. The van der Waals surface area contributed by atoms with Gasteiger partial charge in [-0.3, -0.25) is 0 Å². The van der Waals surface area contributed by atoms with Crippen molar-refractivity contribution in [2.45, 2.75) is 0 Å². The Morgan fingerprint density at radius 2 is 0.727 bits per heavy atom. The molecule has 0 amide bonds. The SMILES string of the molecule is O=[Si]([O-])[O-].O=[Si]([O-])[O-].[Co+2].[Li+].[Li+]. The van der Waals surface area contributed by atoms with Gasteiger partial charge in [-0.15, -0.1) is 0 Å². The van der Waals surface area contributed by atoms with Crippen molar-refractivity contribution >= 4 is 18.3 Å². The van der Waals surface area contributed by atoms with E-state index in [2.05, 4.69) is 0 Å². The Morgan fingerprint density at radius 3 is 0.727 bits per heavy atom. The van der Waals surface area contributed by atoms with Crippen LogP contribution in [0.1, 0.15) is 0 Å². The Morgan fingerprint density at radius 1 is 0.727 bits per heavy atom. The summed E-state index contributed by atoms with van der Waals surface area (Å²) in [5.74, 6) is 0. The minimum absolute atomic E-state index is 0. The van der Waals surface area contributed by atoms with Crippen LogP contribution in [0.2, 0.25) is 0 Å². The fourth-order valence-corrected chi connectivity index (χ4v) is 0. The molecule has 0 fully saturated rings. The first-order chi connectivity index (χ1) is 3.46. The average molecular weight is 225 g/mol. The molecule has 0 aliphatic heterocycles. The molecule has 0 N–H and O–H groups in total. The second-order valence-corrected chi connectivity index (χ2v) is 1.50. The van der Waals surface area contributed by atoms with E-state index in [4.69, 9.17) is 28.1 Å². The summed E-state index contributed by atoms with van der Waals surface area (Å²) < 4.78 is 17.0. The monoisotopic (exact) mass is 225 g/mol. The van der Waals surface area contributed by atoms with E-state index in [1.165, 1.54) is 0 Å². The first-order valence-electron chi connectivity index (χ1n) is 1.22. The summed E-state index contributed by atoms with van der Waals surface area (Å²) in [6.45, 7) is 0. The number of rotatable bonds is 0. The molecule has 0 atom stereocenters. The summed E-state index contributed by atoms with van der Waals surface area (Å²) in [6.07, 6.45) is 0. The van der Waals surface area contributed by atoms with Crippen molar-refractivity contribution in [2.75, 3.05) is 0 Å². The van der Waals surface area contributed by atoms with Crippen LogP contribution in [0.4, 0.5) is 0 Å². The molecule has 0 heterocycles. The van der Waals surface area contributed by atoms with E-state index in [9.17, 15) is 0 Å². The van der Waals surface area contributed by atoms with Crippen LogP contribution in [0.5, 0.6) is 0 Å². The summed E-state index contributed by atoms with van der Waals surface area (Å²) in [6, 6.07) is 0. The van der Waals surface area contributed by atoms with Crippen LogP contribution < -0.4 is 56.9 Å². The number of hydrogen-bond acceptors (Lipinski definition) is 6. The molecule has 0 aliphatic carbocycles. The Labute approximate surface area is 100 Å². The van der Waals surface area contributed by atoms with Crippen molar-refractivity contribution < 1.29 is 82.6 Å². The van der Waals surface area contributed by atoms with Crippen LogP contribution in [0.3, 0.4) is 0 Å². The molecule has 55 valence electrons. The zero-order chi connectivity index (χ0) is 7.15. The van der Waals surface area contributed by atoms with Crippen molar-refractivity contribution in [3.05, 3.63) is 0 Å². The Kier molecular flexibility index (Phi) is 60.5. The molecule has 6 nitrogen and oxygen atoms in total. The number of hydrogen-bond donors (Lipinski definition) is 0. The van der Waals surface area contributed by atoms with Gasteiger partial charge in [0, 0.05) is 18.3 Å². The maximum Gasteiger partial charge on any atom is 2.00 e. The minimum Gasteiger partial charge on any atom is -0.672 e. The van der Waals surface area contributed by atoms with Crippen molar-refractivity contribution in [2.24, 2.45) is 0 Å². The van der Waals surface area contributed by atoms with Crippen molar-refractivity contribution in [3.8, 4) is 0 Å². The Bertz CT molecular complexity index is 76.6. The second kappa shape index (κ2) is 22.4. The van der Waals surface area contributed by atoms with Crippen LogP contribution in [-0.2, 0) is 25.7 Å². The van der Waals surface area contributed by atoms with Crippen molar-refractivity contribution in [1.29, 1.82) is 0 Å². The van der Waals surface area contributed by atoms with Gasteiger partial charge in [-0.1, -0.05) is 0 Å². The van der Waals surface area contributed by atoms with Crippen molar-refractivity contribution in [1.82, 2.24) is 0 Å². The van der Waals surface area contributed by atoms with E-state index in [-0.39, 0.29) is 54.5 Å². The third-order valence-corrected chi connectivity index (χ3v) is 0. The molecule has 0 aliphatic rings. The largest absolute Gasteiger partial charge is 2.00 e. The standard InChI is InChI=1S/Co.2Li.2O3Si/c;;;2*1-4(2)3/q+2;2*+1;2*-2. The van der Waals surface area contributed by atoms with E-state index < -0.39 is 18.3 Å². The normalized spacial score (nSPS) is 4.36. The first-order valence-corrected chi connectivity index (χ1v) is 3.67. The van der Waals surface area contributed by atoms with E-state index in [0.29, 0.717) is 0 Å². The molecule has 11 heteroatoms. The van der Waals surface area contributed by atoms with Crippen molar-refractivity contribution in [3.63, 3.8) is 0 Å². The molecule has 0 saturated heterocycles. The van der Waals surface area contributed by atoms with Gasteiger partial charge in [0.1, 0.15) is 0 Å². The van der Waals surface area contributed by atoms with E-state index in [1.54, 1.807) is 0 Å². The van der Waals surface area contributed by atoms with Crippen LogP contribution in [0.15, 0.2) is 0 Å². The quantitative estimate of drug-likeness (QED) is 0.376. The van der Waals surface area contributed by atoms with E-state index in [0.717, 1.165) is 0 Å². The van der Waals surface area contributed by atoms with E-state index >= 15 is 0 Å². The molecule has 11 heavy (non-hydrogen) atoms. The molecule has 1 radical (unpaired) electrons. The maximum absolute atomic E-state index is 8.52. The molecule has 0 saturated carbocycles. The third-order valence-electron chi connectivity index (χ3n) is 0. The average Bonchev–Trinajstić information content (AvgIpc) is 1.25.